The van der Waals surface area contributed by atoms with Gasteiger partial charge in [0.05, 0.1) is 0 Å². The first-order valence-electron chi connectivity index (χ1n) is 6.57. The number of carbonyl (C=O) groups excluding carboxylic acids is 1. The Balaban J connectivity index is 1.76. The normalized spacial score (nSPS) is 22.3. The summed E-state index contributed by atoms with van der Waals surface area (Å²) in [5, 5.41) is 2.32. The monoisotopic (exact) mass is 256 g/mol. The number of rotatable bonds is 4. The van der Waals surface area contributed by atoms with Crippen LogP contribution in [0.15, 0.2) is 42.5 Å². The number of ketones is 1. The zero-order chi connectivity index (χ0) is 13.2. The van der Waals surface area contributed by atoms with E-state index in [1.165, 1.54) is 5.39 Å². The largest absolute Gasteiger partial charge is 0.487 e. The van der Waals surface area contributed by atoms with Crippen LogP contribution in [0.5, 0.6) is 5.75 Å². The van der Waals surface area contributed by atoms with Crippen LogP contribution < -0.4 is 4.74 Å². The van der Waals surface area contributed by atoms with E-state index in [2.05, 4.69) is 6.07 Å². The van der Waals surface area contributed by atoms with E-state index in [4.69, 9.17) is 9.47 Å². The molecule has 3 nitrogen and oxygen atoms in total. The number of ether oxygens (including phenoxy) is 2. The maximum absolute atomic E-state index is 11.4. The maximum Gasteiger partial charge on any atom is 0.169 e. The van der Waals surface area contributed by atoms with Crippen LogP contribution in [0.2, 0.25) is 0 Å². The van der Waals surface area contributed by atoms with E-state index in [0.717, 1.165) is 11.1 Å². The minimum atomic E-state index is -0.392. The van der Waals surface area contributed by atoms with Gasteiger partial charge in [0.2, 0.25) is 0 Å². The van der Waals surface area contributed by atoms with E-state index >= 15 is 0 Å². The van der Waals surface area contributed by atoms with Crippen molar-refractivity contribution in [1.82, 2.24) is 0 Å². The molecule has 2 aromatic rings. The van der Waals surface area contributed by atoms with Gasteiger partial charge in [-0.3, -0.25) is 4.79 Å². The molecule has 0 amide bonds. The number of Topliss-reactive ketones (excluding diaryl/α,β-unsaturated/α-hetero) is 1. The summed E-state index contributed by atoms with van der Waals surface area (Å²) in [4.78, 5) is 11.4. The predicted molar refractivity (Wildman–Crippen MR) is 73.4 cm³/mol. The van der Waals surface area contributed by atoms with Crippen molar-refractivity contribution in [1.29, 1.82) is 0 Å². The Labute approximate surface area is 112 Å². The number of hydrogen-bond donors (Lipinski definition) is 0. The summed E-state index contributed by atoms with van der Waals surface area (Å²) in [6.45, 7) is 2.42. The fraction of sp³-hybridized carbons (Fsp3) is 0.312. The Bertz CT molecular complexity index is 606. The molecule has 0 spiro atoms. The van der Waals surface area contributed by atoms with Crippen molar-refractivity contribution in [3.8, 4) is 5.75 Å². The minimum absolute atomic E-state index is 0.132. The van der Waals surface area contributed by atoms with Crippen molar-refractivity contribution >= 4 is 16.6 Å². The van der Waals surface area contributed by atoms with Crippen LogP contribution in [0, 0.1) is 0 Å². The van der Waals surface area contributed by atoms with Crippen molar-refractivity contribution in [2.24, 2.45) is 0 Å². The molecule has 98 valence electrons. The van der Waals surface area contributed by atoms with Crippen LogP contribution in [0.4, 0.5) is 0 Å². The molecule has 3 rings (SSSR count). The van der Waals surface area contributed by atoms with Gasteiger partial charge in [-0.15, -0.1) is 0 Å². The van der Waals surface area contributed by atoms with Crippen LogP contribution in [0.1, 0.15) is 13.3 Å². The lowest BCUT2D eigenvalue weighted by atomic mass is 9.90. The van der Waals surface area contributed by atoms with E-state index in [-0.39, 0.29) is 11.9 Å². The van der Waals surface area contributed by atoms with Crippen molar-refractivity contribution in [3.63, 3.8) is 0 Å². The first-order chi connectivity index (χ1) is 9.28. The average Bonchev–Trinajstić information content (AvgIpc) is 2.44. The van der Waals surface area contributed by atoms with Crippen LogP contribution in [0.3, 0.4) is 0 Å². The number of carbonyl (C=O) groups is 1. The van der Waals surface area contributed by atoms with Crippen molar-refractivity contribution in [2.45, 2.75) is 25.6 Å². The standard InChI is InChI=1S/C16H16O3/c1-2-18-16-14(17)10-15(16)19-13-8-7-11-5-3-4-6-12(11)9-13/h3-9,15-16H,2,10H2,1H3. The van der Waals surface area contributed by atoms with E-state index in [1.54, 1.807) is 0 Å². The zero-order valence-corrected chi connectivity index (χ0v) is 10.8. The molecule has 1 aliphatic carbocycles. The van der Waals surface area contributed by atoms with Gasteiger partial charge < -0.3 is 9.47 Å². The lowest BCUT2D eigenvalue weighted by Gasteiger charge is -2.34. The Hall–Kier alpha value is -1.87. The SMILES string of the molecule is CCOC1C(=O)CC1Oc1ccc2ccccc2c1. The van der Waals surface area contributed by atoms with Gasteiger partial charge in [0.25, 0.3) is 0 Å². The first kappa shape index (κ1) is 12.2. The molecule has 0 bridgehead atoms. The highest BCUT2D eigenvalue weighted by atomic mass is 16.5. The van der Waals surface area contributed by atoms with Gasteiger partial charge in [-0.1, -0.05) is 30.3 Å². The number of benzene rings is 2. The summed E-state index contributed by atoms with van der Waals surface area (Å²) in [5.41, 5.74) is 0. The summed E-state index contributed by atoms with van der Waals surface area (Å²) in [6.07, 6.45) is -0.0950. The summed E-state index contributed by atoms with van der Waals surface area (Å²) in [5.74, 6) is 0.925. The van der Waals surface area contributed by atoms with Gasteiger partial charge in [-0.25, -0.2) is 0 Å². The second-order valence-electron chi connectivity index (χ2n) is 4.71. The van der Waals surface area contributed by atoms with Crippen LogP contribution >= 0.6 is 0 Å². The fourth-order valence-electron chi connectivity index (χ4n) is 2.37. The quantitative estimate of drug-likeness (QED) is 0.843. The Kier molecular flexibility index (Phi) is 3.22. The van der Waals surface area contributed by atoms with Crippen molar-refractivity contribution < 1.29 is 14.3 Å². The average molecular weight is 256 g/mol. The third-order valence-corrected chi connectivity index (χ3v) is 3.41. The molecule has 0 saturated heterocycles. The van der Waals surface area contributed by atoms with E-state index in [1.807, 2.05) is 43.3 Å². The highest BCUT2D eigenvalue weighted by molar-refractivity contribution is 5.91. The highest BCUT2D eigenvalue weighted by Gasteiger charge is 2.42. The van der Waals surface area contributed by atoms with Gasteiger partial charge in [-0.05, 0) is 29.8 Å². The molecular weight excluding hydrogens is 240 g/mol. The number of fused-ring (bicyclic) bond motifs is 1. The molecule has 0 aromatic heterocycles. The Morgan fingerprint density at radius 1 is 1.16 bits per heavy atom. The molecule has 0 N–H and O–H groups in total. The molecule has 0 radical (unpaired) electrons. The van der Waals surface area contributed by atoms with E-state index in [0.29, 0.717) is 13.0 Å². The molecule has 0 aliphatic heterocycles. The second kappa shape index (κ2) is 5.02. The van der Waals surface area contributed by atoms with Crippen LogP contribution in [-0.4, -0.2) is 24.6 Å². The van der Waals surface area contributed by atoms with Gasteiger partial charge in [0, 0.05) is 13.0 Å². The summed E-state index contributed by atoms with van der Waals surface area (Å²) >= 11 is 0. The topological polar surface area (TPSA) is 35.5 Å². The molecular formula is C16H16O3. The predicted octanol–water partition coefficient (Wildman–Crippen LogP) is 2.97. The molecule has 0 heterocycles. The maximum atomic E-state index is 11.4. The molecule has 1 aliphatic rings. The minimum Gasteiger partial charge on any atom is -0.487 e. The summed E-state index contributed by atoms with van der Waals surface area (Å²) < 4.78 is 11.2. The van der Waals surface area contributed by atoms with Crippen molar-refractivity contribution in [3.05, 3.63) is 42.5 Å². The number of hydrogen-bond acceptors (Lipinski definition) is 3. The molecule has 2 atom stereocenters. The molecule has 3 heteroatoms. The third-order valence-electron chi connectivity index (χ3n) is 3.41. The Morgan fingerprint density at radius 2 is 1.95 bits per heavy atom. The molecule has 1 fully saturated rings. The van der Waals surface area contributed by atoms with Gasteiger partial charge >= 0.3 is 0 Å². The highest BCUT2D eigenvalue weighted by Crippen LogP contribution is 2.27. The second-order valence-corrected chi connectivity index (χ2v) is 4.71. The molecule has 2 aromatic carbocycles. The molecule has 1 saturated carbocycles. The molecule has 2 unspecified atom stereocenters. The van der Waals surface area contributed by atoms with E-state index < -0.39 is 6.10 Å². The fourth-order valence-corrected chi connectivity index (χ4v) is 2.37. The van der Waals surface area contributed by atoms with Gasteiger partial charge in [0.1, 0.15) is 11.9 Å². The lowest BCUT2D eigenvalue weighted by molar-refractivity contribution is -0.154. The summed E-state index contributed by atoms with van der Waals surface area (Å²) in [6, 6.07) is 14.1. The van der Waals surface area contributed by atoms with Crippen LogP contribution in [0.25, 0.3) is 10.8 Å². The smallest absolute Gasteiger partial charge is 0.169 e. The molecule has 19 heavy (non-hydrogen) atoms. The van der Waals surface area contributed by atoms with Gasteiger partial charge in [-0.2, -0.15) is 0 Å². The van der Waals surface area contributed by atoms with Crippen LogP contribution in [-0.2, 0) is 9.53 Å². The van der Waals surface area contributed by atoms with Gasteiger partial charge in [0.15, 0.2) is 11.9 Å². The third kappa shape index (κ3) is 2.34. The van der Waals surface area contributed by atoms with Crippen molar-refractivity contribution in [2.75, 3.05) is 6.61 Å². The lowest BCUT2D eigenvalue weighted by Crippen LogP contribution is -2.52. The first-order valence-corrected chi connectivity index (χ1v) is 6.57. The van der Waals surface area contributed by atoms with E-state index in [9.17, 15) is 4.79 Å². The summed E-state index contributed by atoms with van der Waals surface area (Å²) in [7, 11) is 0. The zero-order valence-electron chi connectivity index (χ0n) is 10.8. The Morgan fingerprint density at radius 3 is 2.68 bits per heavy atom.